The van der Waals surface area contributed by atoms with Crippen LogP contribution in [0.1, 0.15) is 19.3 Å². The van der Waals surface area contributed by atoms with Crippen molar-refractivity contribution < 1.29 is 13.2 Å². The van der Waals surface area contributed by atoms with E-state index in [2.05, 4.69) is 15.6 Å². The molecule has 2 fully saturated rings. The summed E-state index contributed by atoms with van der Waals surface area (Å²) in [6.07, 6.45) is 4.18. The lowest BCUT2D eigenvalue weighted by Crippen LogP contribution is -2.44. The Balaban J connectivity index is 1.66. The highest BCUT2D eigenvalue weighted by Crippen LogP contribution is 2.18. The van der Waals surface area contributed by atoms with Gasteiger partial charge < -0.3 is 15.4 Å². The van der Waals surface area contributed by atoms with Crippen molar-refractivity contribution in [3.8, 4) is 0 Å². The molecule has 8 heteroatoms. The number of nitrogens with one attached hydrogen (secondary N) is 2. The smallest absolute Gasteiger partial charge is 0.211 e. The first kappa shape index (κ1) is 17.5. The Bertz CT molecular complexity index is 466. The van der Waals surface area contributed by atoms with Gasteiger partial charge in [0.1, 0.15) is 0 Å². The SMILES string of the molecule is CN=C(NCC1CCN(S(C)(=O)=O)CC1)NCC1CCOC1. The van der Waals surface area contributed by atoms with Crippen molar-refractivity contribution in [2.75, 3.05) is 52.7 Å². The van der Waals surface area contributed by atoms with Crippen molar-refractivity contribution in [3.63, 3.8) is 0 Å². The van der Waals surface area contributed by atoms with Gasteiger partial charge in [-0.2, -0.15) is 0 Å². The number of aliphatic imine (C=N–C) groups is 1. The number of hydrogen-bond acceptors (Lipinski definition) is 4. The van der Waals surface area contributed by atoms with Crippen LogP contribution in [-0.2, 0) is 14.8 Å². The van der Waals surface area contributed by atoms with Crippen LogP contribution in [0.4, 0.5) is 0 Å². The monoisotopic (exact) mass is 332 g/mol. The predicted molar refractivity (Wildman–Crippen MR) is 87.4 cm³/mol. The van der Waals surface area contributed by atoms with Crippen LogP contribution in [0.5, 0.6) is 0 Å². The Labute approximate surface area is 133 Å². The van der Waals surface area contributed by atoms with Crippen molar-refractivity contribution in [2.24, 2.45) is 16.8 Å². The molecule has 0 aromatic rings. The summed E-state index contributed by atoms with van der Waals surface area (Å²) in [6.45, 7) is 4.64. The van der Waals surface area contributed by atoms with Crippen molar-refractivity contribution in [2.45, 2.75) is 19.3 Å². The van der Waals surface area contributed by atoms with E-state index < -0.39 is 10.0 Å². The third kappa shape index (κ3) is 5.40. The Kier molecular flexibility index (Phi) is 6.46. The normalized spacial score (nSPS) is 25.4. The lowest BCUT2D eigenvalue weighted by atomic mass is 9.98. The molecule has 2 aliphatic heterocycles. The molecule has 0 spiro atoms. The summed E-state index contributed by atoms with van der Waals surface area (Å²) in [7, 11) is -1.27. The first-order chi connectivity index (χ1) is 10.5. The summed E-state index contributed by atoms with van der Waals surface area (Å²) < 4.78 is 29.9. The fourth-order valence-corrected chi connectivity index (χ4v) is 3.77. The molecule has 0 bridgehead atoms. The van der Waals surface area contributed by atoms with Crippen LogP contribution in [-0.4, -0.2) is 71.4 Å². The Hall–Kier alpha value is -0.860. The Morgan fingerprint density at radius 2 is 1.82 bits per heavy atom. The van der Waals surface area contributed by atoms with E-state index in [0.717, 1.165) is 51.5 Å². The summed E-state index contributed by atoms with van der Waals surface area (Å²) in [5, 5.41) is 6.68. The van der Waals surface area contributed by atoms with Crippen LogP contribution < -0.4 is 10.6 Å². The second-order valence-electron chi connectivity index (χ2n) is 6.17. The second kappa shape index (κ2) is 8.12. The highest BCUT2D eigenvalue weighted by Gasteiger charge is 2.25. The number of piperidine rings is 1. The molecule has 2 N–H and O–H groups in total. The molecule has 0 saturated carbocycles. The van der Waals surface area contributed by atoms with E-state index in [0.29, 0.717) is 24.9 Å². The Morgan fingerprint density at radius 1 is 1.18 bits per heavy atom. The molecule has 2 heterocycles. The van der Waals surface area contributed by atoms with Crippen LogP contribution >= 0.6 is 0 Å². The zero-order valence-electron chi connectivity index (χ0n) is 13.5. The van der Waals surface area contributed by atoms with Gasteiger partial charge in [0.25, 0.3) is 0 Å². The second-order valence-corrected chi connectivity index (χ2v) is 8.15. The van der Waals surface area contributed by atoms with Gasteiger partial charge in [0, 0.05) is 45.8 Å². The molecule has 0 radical (unpaired) electrons. The largest absolute Gasteiger partial charge is 0.381 e. The van der Waals surface area contributed by atoms with E-state index in [-0.39, 0.29) is 0 Å². The molecular formula is C14H28N4O3S. The first-order valence-corrected chi connectivity index (χ1v) is 9.81. The van der Waals surface area contributed by atoms with Gasteiger partial charge in [-0.05, 0) is 25.2 Å². The van der Waals surface area contributed by atoms with Crippen molar-refractivity contribution in [3.05, 3.63) is 0 Å². The van der Waals surface area contributed by atoms with E-state index in [1.807, 2.05) is 0 Å². The lowest BCUT2D eigenvalue weighted by Gasteiger charge is -2.30. The van der Waals surface area contributed by atoms with Crippen LogP contribution in [0.25, 0.3) is 0 Å². The number of nitrogens with zero attached hydrogens (tertiary/aromatic N) is 2. The van der Waals surface area contributed by atoms with Gasteiger partial charge >= 0.3 is 0 Å². The summed E-state index contributed by atoms with van der Waals surface area (Å²) in [6, 6.07) is 0. The molecule has 0 aromatic heterocycles. The molecule has 22 heavy (non-hydrogen) atoms. The standard InChI is InChI=1S/C14H28N4O3S/c1-15-14(17-10-13-5-8-21-11-13)16-9-12-3-6-18(7-4-12)22(2,19)20/h12-13H,3-11H2,1-2H3,(H2,15,16,17). The third-order valence-electron chi connectivity index (χ3n) is 4.41. The van der Waals surface area contributed by atoms with Crippen LogP contribution in [0.3, 0.4) is 0 Å². The molecule has 0 amide bonds. The molecule has 0 aromatic carbocycles. The maximum atomic E-state index is 11.5. The molecule has 2 aliphatic rings. The topological polar surface area (TPSA) is 83.0 Å². The zero-order valence-corrected chi connectivity index (χ0v) is 14.4. The number of hydrogen-bond donors (Lipinski definition) is 2. The lowest BCUT2D eigenvalue weighted by molar-refractivity contribution is 0.186. The molecule has 128 valence electrons. The van der Waals surface area contributed by atoms with Gasteiger partial charge in [0.05, 0.1) is 12.9 Å². The molecule has 1 atom stereocenters. The minimum atomic E-state index is -3.04. The summed E-state index contributed by atoms with van der Waals surface area (Å²) in [5.41, 5.74) is 0. The van der Waals surface area contributed by atoms with Gasteiger partial charge in [-0.25, -0.2) is 12.7 Å². The minimum Gasteiger partial charge on any atom is -0.381 e. The highest BCUT2D eigenvalue weighted by molar-refractivity contribution is 7.88. The van der Waals surface area contributed by atoms with Crippen LogP contribution in [0.15, 0.2) is 4.99 Å². The first-order valence-electron chi connectivity index (χ1n) is 7.96. The maximum absolute atomic E-state index is 11.5. The zero-order chi connectivity index (χ0) is 16.0. The van der Waals surface area contributed by atoms with E-state index in [9.17, 15) is 8.42 Å². The van der Waals surface area contributed by atoms with Gasteiger partial charge in [0.2, 0.25) is 10.0 Å². The van der Waals surface area contributed by atoms with Gasteiger partial charge in [-0.1, -0.05) is 0 Å². The predicted octanol–water partition coefficient (Wildman–Crippen LogP) is -0.140. The van der Waals surface area contributed by atoms with Crippen LogP contribution in [0, 0.1) is 11.8 Å². The van der Waals surface area contributed by atoms with Crippen molar-refractivity contribution in [1.29, 1.82) is 0 Å². The fourth-order valence-electron chi connectivity index (χ4n) is 2.89. The van der Waals surface area contributed by atoms with Gasteiger partial charge in [-0.15, -0.1) is 0 Å². The summed E-state index contributed by atoms with van der Waals surface area (Å²) in [5.74, 6) is 1.88. The maximum Gasteiger partial charge on any atom is 0.211 e. The van der Waals surface area contributed by atoms with Crippen molar-refractivity contribution in [1.82, 2.24) is 14.9 Å². The molecule has 7 nitrogen and oxygen atoms in total. The molecule has 2 saturated heterocycles. The third-order valence-corrected chi connectivity index (χ3v) is 5.71. The van der Waals surface area contributed by atoms with E-state index >= 15 is 0 Å². The van der Waals surface area contributed by atoms with Crippen LogP contribution in [0.2, 0.25) is 0 Å². The molecule has 0 aliphatic carbocycles. The molecule has 1 unspecified atom stereocenters. The number of sulfonamides is 1. The average molecular weight is 332 g/mol. The Morgan fingerprint density at radius 3 is 2.32 bits per heavy atom. The summed E-state index contributed by atoms with van der Waals surface area (Å²) >= 11 is 0. The van der Waals surface area contributed by atoms with E-state index in [1.165, 1.54) is 6.26 Å². The number of rotatable bonds is 5. The van der Waals surface area contributed by atoms with Gasteiger partial charge in [-0.3, -0.25) is 4.99 Å². The molecular weight excluding hydrogens is 304 g/mol. The summed E-state index contributed by atoms with van der Waals surface area (Å²) in [4.78, 5) is 4.23. The van der Waals surface area contributed by atoms with Crippen molar-refractivity contribution >= 4 is 16.0 Å². The van der Waals surface area contributed by atoms with Gasteiger partial charge in [0.15, 0.2) is 5.96 Å². The number of ether oxygens (including phenoxy) is 1. The quantitative estimate of drug-likeness (QED) is 0.541. The van der Waals surface area contributed by atoms with E-state index in [1.54, 1.807) is 11.4 Å². The molecule has 2 rings (SSSR count). The fraction of sp³-hybridized carbons (Fsp3) is 0.929. The van der Waals surface area contributed by atoms with E-state index in [4.69, 9.17) is 4.74 Å². The minimum absolute atomic E-state index is 0.492. The highest BCUT2D eigenvalue weighted by atomic mass is 32.2. The number of guanidine groups is 1. The average Bonchev–Trinajstić information content (AvgIpc) is 3.00.